The van der Waals surface area contributed by atoms with Crippen LogP contribution in [0.5, 0.6) is 0 Å². The highest BCUT2D eigenvalue weighted by Gasteiger charge is 2.25. The highest BCUT2D eigenvalue weighted by atomic mass is 35.5. The minimum Gasteiger partial charge on any atom is -0.468 e. The fourth-order valence-corrected chi connectivity index (χ4v) is 3.46. The zero-order chi connectivity index (χ0) is 19.2. The number of amides is 2. The molecule has 3 rings (SSSR count). The Morgan fingerprint density at radius 1 is 1.26 bits per heavy atom. The zero-order valence-electron chi connectivity index (χ0n) is 15.3. The number of likely N-dealkylation sites (tertiary alicyclic amines) is 1. The van der Waals surface area contributed by atoms with E-state index in [9.17, 15) is 9.59 Å². The van der Waals surface area contributed by atoms with E-state index < -0.39 is 0 Å². The van der Waals surface area contributed by atoms with Crippen molar-refractivity contribution in [1.82, 2.24) is 10.2 Å². The molecule has 7 heteroatoms. The van der Waals surface area contributed by atoms with Crippen LogP contribution in [0.25, 0.3) is 0 Å². The average Bonchev–Trinajstić information content (AvgIpc) is 3.17. The minimum atomic E-state index is -0.246. The number of hydrogen-bond donors (Lipinski definition) is 2. The first-order valence-corrected chi connectivity index (χ1v) is 9.58. The average molecular weight is 390 g/mol. The molecule has 0 radical (unpaired) electrons. The highest BCUT2D eigenvalue weighted by molar-refractivity contribution is 6.34. The van der Waals surface area contributed by atoms with Gasteiger partial charge in [0.05, 0.1) is 23.4 Å². The molecule has 2 N–H and O–H groups in total. The second-order valence-corrected chi connectivity index (χ2v) is 7.08. The van der Waals surface area contributed by atoms with Crippen LogP contribution in [0.15, 0.2) is 41.0 Å². The van der Waals surface area contributed by atoms with E-state index in [0.29, 0.717) is 22.8 Å². The number of carbonyl (C=O) groups excluding carboxylic acids is 2. The molecule has 1 aliphatic rings. The summed E-state index contributed by atoms with van der Waals surface area (Å²) < 4.78 is 5.38. The van der Waals surface area contributed by atoms with E-state index in [-0.39, 0.29) is 17.7 Å². The van der Waals surface area contributed by atoms with Gasteiger partial charge >= 0.3 is 0 Å². The number of anilines is 1. The van der Waals surface area contributed by atoms with Crippen LogP contribution in [0.2, 0.25) is 5.02 Å². The third-order valence-corrected chi connectivity index (χ3v) is 5.06. The van der Waals surface area contributed by atoms with Crippen molar-refractivity contribution in [3.63, 3.8) is 0 Å². The zero-order valence-corrected chi connectivity index (χ0v) is 16.1. The number of nitrogens with zero attached hydrogens (tertiary/aromatic N) is 1. The molecule has 1 aromatic carbocycles. The molecule has 27 heavy (non-hydrogen) atoms. The summed E-state index contributed by atoms with van der Waals surface area (Å²) in [5.74, 6) is 0.639. The van der Waals surface area contributed by atoms with Gasteiger partial charge in [0.25, 0.3) is 5.91 Å². The van der Waals surface area contributed by atoms with E-state index in [0.717, 1.165) is 38.2 Å². The van der Waals surface area contributed by atoms with Crippen molar-refractivity contribution < 1.29 is 14.0 Å². The summed E-state index contributed by atoms with van der Waals surface area (Å²) in [5, 5.41) is 6.01. The van der Waals surface area contributed by atoms with Gasteiger partial charge in [-0.1, -0.05) is 11.6 Å². The van der Waals surface area contributed by atoms with Gasteiger partial charge in [-0.15, -0.1) is 0 Å². The van der Waals surface area contributed by atoms with Crippen LogP contribution < -0.4 is 10.6 Å². The minimum absolute atomic E-state index is 0.0168. The standard InChI is InChI=1S/C20H24ClN3O3/c1-2-22-20(26)17-12-15(5-6-18(17)21)23-19(25)14-7-9-24(10-8-14)13-16-4-3-11-27-16/h3-6,11-12,14H,2,7-10,13H2,1H3,(H,22,26)(H,23,25). The summed E-state index contributed by atoms with van der Waals surface area (Å²) in [7, 11) is 0. The molecule has 2 heterocycles. The van der Waals surface area contributed by atoms with Gasteiger partial charge in [-0.2, -0.15) is 0 Å². The summed E-state index contributed by atoms with van der Waals surface area (Å²) in [5.41, 5.74) is 0.952. The molecule has 2 amide bonds. The van der Waals surface area contributed by atoms with E-state index in [1.54, 1.807) is 24.5 Å². The lowest BCUT2D eigenvalue weighted by Crippen LogP contribution is -2.37. The van der Waals surface area contributed by atoms with Crippen molar-refractivity contribution in [3.05, 3.63) is 52.9 Å². The fourth-order valence-electron chi connectivity index (χ4n) is 3.25. The molecule has 0 aliphatic carbocycles. The number of benzene rings is 1. The Labute approximate surface area is 163 Å². The number of hydrogen-bond acceptors (Lipinski definition) is 4. The van der Waals surface area contributed by atoms with E-state index in [2.05, 4.69) is 15.5 Å². The summed E-state index contributed by atoms with van der Waals surface area (Å²) in [6.45, 7) is 4.83. The highest BCUT2D eigenvalue weighted by Crippen LogP contribution is 2.24. The maximum Gasteiger partial charge on any atom is 0.252 e. The number of rotatable bonds is 6. The van der Waals surface area contributed by atoms with Crippen LogP contribution in [-0.2, 0) is 11.3 Å². The summed E-state index contributed by atoms with van der Waals surface area (Å²) >= 11 is 6.10. The van der Waals surface area contributed by atoms with Crippen LogP contribution in [0.4, 0.5) is 5.69 Å². The topological polar surface area (TPSA) is 74.6 Å². The number of nitrogens with one attached hydrogen (secondary N) is 2. The molecule has 2 aromatic rings. The Hall–Kier alpha value is -2.31. The molecule has 0 atom stereocenters. The van der Waals surface area contributed by atoms with Crippen molar-refractivity contribution in [2.75, 3.05) is 25.0 Å². The molecule has 6 nitrogen and oxygen atoms in total. The molecule has 0 unspecified atom stereocenters. The van der Waals surface area contributed by atoms with Gasteiger partial charge < -0.3 is 15.1 Å². The molecular formula is C20H24ClN3O3. The van der Waals surface area contributed by atoms with Gasteiger partial charge in [0, 0.05) is 18.2 Å². The second kappa shape index (κ2) is 9.06. The summed E-state index contributed by atoms with van der Waals surface area (Å²) in [4.78, 5) is 26.9. The van der Waals surface area contributed by atoms with Gasteiger partial charge in [-0.25, -0.2) is 0 Å². The Kier molecular flexibility index (Phi) is 6.53. The van der Waals surface area contributed by atoms with Crippen molar-refractivity contribution >= 4 is 29.1 Å². The van der Waals surface area contributed by atoms with Crippen LogP contribution in [0, 0.1) is 5.92 Å². The van der Waals surface area contributed by atoms with E-state index in [4.69, 9.17) is 16.0 Å². The lowest BCUT2D eigenvalue weighted by Gasteiger charge is -2.30. The van der Waals surface area contributed by atoms with E-state index >= 15 is 0 Å². The van der Waals surface area contributed by atoms with Crippen LogP contribution >= 0.6 is 11.6 Å². The van der Waals surface area contributed by atoms with Crippen molar-refractivity contribution in [3.8, 4) is 0 Å². The third-order valence-electron chi connectivity index (χ3n) is 4.73. The van der Waals surface area contributed by atoms with Crippen molar-refractivity contribution in [2.24, 2.45) is 5.92 Å². The monoisotopic (exact) mass is 389 g/mol. The van der Waals surface area contributed by atoms with Gasteiger partial charge in [0.2, 0.25) is 5.91 Å². The Morgan fingerprint density at radius 3 is 2.70 bits per heavy atom. The number of carbonyl (C=O) groups is 2. The molecule has 0 bridgehead atoms. The lowest BCUT2D eigenvalue weighted by atomic mass is 9.95. The van der Waals surface area contributed by atoms with Crippen LogP contribution in [0.1, 0.15) is 35.9 Å². The molecule has 0 saturated carbocycles. The van der Waals surface area contributed by atoms with E-state index in [1.165, 1.54) is 0 Å². The summed E-state index contributed by atoms with van der Waals surface area (Å²) in [6, 6.07) is 8.82. The fraction of sp³-hybridized carbons (Fsp3) is 0.400. The van der Waals surface area contributed by atoms with Gasteiger partial charge in [0.1, 0.15) is 5.76 Å². The molecule has 144 valence electrons. The van der Waals surface area contributed by atoms with Gasteiger partial charge in [0.15, 0.2) is 0 Å². The first-order chi connectivity index (χ1) is 13.1. The maximum atomic E-state index is 12.6. The lowest BCUT2D eigenvalue weighted by molar-refractivity contribution is -0.121. The predicted octanol–water partition coefficient (Wildman–Crippen LogP) is 3.53. The number of furan rings is 1. The molecule has 1 aromatic heterocycles. The van der Waals surface area contributed by atoms with E-state index in [1.807, 2.05) is 19.1 Å². The SMILES string of the molecule is CCNC(=O)c1cc(NC(=O)C2CCN(Cc3ccco3)CC2)ccc1Cl. The van der Waals surface area contributed by atoms with Crippen molar-refractivity contribution in [2.45, 2.75) is 26.3 Å². The molecular weight excluding hydrogens is 366 g/mol. The molecule has 1 fully saturated rings. The first kappa shape index (κ1) is 19.5. The molecule has 1 aliphatic heterocycles. The quantitative estimate of drug-likeness (QED) is 0.792. The van der Waals surface area contributed by atoms with Crippen LogP contribution in [0.3, 0.4) is 0 Å². The first-order valence-electron chi connectivity index (χ1n) is 9.20. The Balaban J connectivity index is 1.55. The largest absolute Gasteiger partial charge is 0.468 e. The Bertz CT molecular complexity index is 784. The van der Waals surface area contributed by atoms with Gasteiger partial charge in [-0.05, 0) is 63.2 Å². The van der Waals surface area contributed by atoms with Crippen molar-refractivity contribution in [1.29, 1.82) is 0 Å². The number of piperidine rings is 1. The second-order valence-electron chi connectivity index (χ2n) is 6.67. The number of halogens is 1. The normalized spacial score (nSPS) is 15.5. The smallest absolute Gasteiger partial charge is 0.252 e. The van der Waals surface area contributed by atoms with Crippen LogP contribution in [-0.4, -0.2) is 36.3 Å². The third kappa shape index (κ3) is 5.11. The molecule has 1 saturated heterocycles. The predicted molar refractivity (Wildman–Crippen MR) is 105 cm³/mol. The summed E-state index contributed by atoms with van der Waals surface area (Å²) in [6.07, 6.45) is 3.27. The maximum absolute atomic E-state index is 12.6. The van der Waals surface area contributed by atoms with Gasteiger partial charge in [-0.3, -0.25) is 14.5 Å². The molecule has 0 spiro atoms. The Morgan fingerprint density at radius 2 is 2.04 bits per heavy atom.